The van der Waals surface area contributed by atoms with E-state index < -0.39 is 57.6 Å². The highest BCUT2D eigenvalue weighted by molar-refractivity contribution is 6.24. The van der Waals surface area contributed by atoms with E-state index in [0.717, 1.165) is 31.3 Å². The molecule has 0 aromatic carbocycles. The quantitative estimate of drug-likeness (QED) is 0.265. The zero-order valence-electron chi connectivity index (χ0n) is 24.6. The molecule has 9 heteroatoms. The fraction of sp³-hybridized carbons (Fsp3) is 0.793. The van der Waals surface area contributed by atoms with E-state index in [1.165, 1.54) is 6.42 Å². The number of hydrogen-bond acceptors (Lipinski definition) is 8. The number of ketones is 1. The Morgan fingerprint density at radius 3 is 2.26 bits per heavy atom. The van der Waals surface area contributed by atoms with Crippen molar-refractivity contribution in [3.8, 4) is 0 Å². The second-order valence-electron chi connectivity index (χ2n) is 13.2. The average molecular weight is 538 g/mol. The normalized spacial score (nSPS) is 22.6. The Morgan fingerprint density at radius 2 is 1.71 bits per heavy atom. The zero-order chi connectivity index (χ0) is 29.1. The summed E-state index contributed by atoms with van der Waals surface area (Å²) >= 11 is 0. The first kappa shape index (κ1) is 31.8. The Balaban J connectivity index is 2.06. The van der Waals surface area contributed by atoms with Gasteiger partial charge in [-0.2, -0.15) is 0 Å². The number of fused-ring (bicyclic) bond motifs is 1. The van der Waals surface area contributed by atoms with Crippen molar-refractivity contribution in [1.29, 1.82) is 0 Å². The lowest BCUT2D eigenvalue weighted by Crippen LogP contribution is -2.56. The Kier molecular flexibility index (Phi) is 10.2. The number of carbonyl (C=O) groups is 4. The summed E-state index contributed by atoms with van der Waals surface area (Å²) in [5.41, 5.74) is -3.79. The van der Waals surface area contributed by atoms with Crippen LogP contribution in [0.4, 0.5) is 0 Å². The predicted molar refractivity (Wildman–Crippen MR) is 142 cm³/mol. The molecule has 2 aliphatic rings. The largest absolute Gasteiger partial charge is 0.508 e. The van der Waals surface area contributed by atoms with Gasteiger partial charge in [-0.05, 0) is 23.7 Å². The first-order valence-electron chi connectivity index (χ1n) is 13.6. The van der Waals surface area contributed by atoms with Crippen LogP contribution in [0.25, 0.3) is 0 Å². The average Bonchev–Trinajstić information content (AvgIpc) is 3.28. The van der Waals surface area contributed by atoms with Gasteiger partial charge < -0.3 is 19.3 Å². The van der Waals surface area contributed by atoms with Crippen LogP contribution in [0.15, 0.2) is 11.3 Å². The standard InChI is InChI=1S/C29H47NO8/c1-18(2)11-10-12-19(3)13-14-37-21(32)16-28(7,8)15-20(31)22-23(33)29(26(35)36-9)17-38-25(27(4,5)6)30(29)24(22)34/h18-19,25,33H,10-17H2,1-9H3/t19?,25-,29-/m1/s1. The van der Waals surface area contributed by atoms with Crippen LogP contribution in [0.5, 0.6) is 0 Å². The minimum Gasteiger partial charge on any atom is -0.508 e. The van der Waals surface area contributed by atoms with Gasteiger partial charge in [0.15, 0.2) is 5.78 Å². The fourth-order valence-corrected chi connectivity index (χ4v) is 5.17. The molecule has 0 aliphatic carbocycles. The number of aliphatic hydroxyl groups is 1. The molecule has 0 spiro atoms. The van der Waals surface area contributed by atoms with E-state index in [1.54, 1.807) is 13.8 Å². The number of nitrogens with zero attached hydrogens (tertiary/aromatic N) is 1. The number of aliphatic hydroxyl groups excluding tert-OH is 1. The third kappa shape index (κ3) is 6.96. The molecule has 0 aromatic rings. The van der Waals surface area contributed by atoms with Crippen LogP contribution in [0.2, 0.25) is 0 Å². The van der Waals surface area contributed by atoms with Crippen LogP contribution in [-0.2, 0) is 33.4 Å². The lowest BCUT2D eigenvalue weighted by molar-refractivity contribution is -0.158. The molecule has 9 nitrogen and oxygen atoms in total. The molecule has 1 saturated heterocycles. The molecule has 2 rings (SSSR count). The van der Waals surface area contributed by atoms with Gasteiger partial charge in [-0.3, -0.25) is 19.3 Å². The predicted octanol–water partition coefficient (Wildman–Crippen LogP) is 4.73. The summed E-state index contributed by atoms with van der Waals surface area (Å²) in [6, 6.07) is 0. The number of esters is 2. The molecule has 3 atom stereocenters. The molecule has 1 amide bonds. The van der Waals surface area contributed by atoms with Gasteiger partial charge in [-0.25, -0.2) is 4.79 Å². The summed E-state index contributed by atoms with van der Waals surface area (Å²) in [7, 11) is 1.15. The summed E-state index contributed by atoms with van der Waals surface area (Å²) < 4.78 is 16.1. The summed E-state index contributed by atoms with van der Waals surface area (Å²) in [5.74, 6) is -2.24. The molecule has 1 fully saturated rings. The van der Waals surface area contributed by atoms with Crippen molar-refractivity contribution >= 4 is 23.6 Å². The lowest BCUT2D eigenvalue weighted by Gasteiger charge is -2.36. The van der Waals surface area contributed by atoms with E-state index in [-0.39, 0.29) is 19.4 Å². The number of rotatable bonds is 13. The van der Waals surface area contributed by atoms with E-state index in [2.05, 4.69) is 20.8 Å². The van der Waals surface area contributed by atoms with Gasteiger partial charge in [0.2, 0.25) is 5.54 Å². The van der Waals surface area contributed by atoms with Crippen LogP contribution < -0.4 is 0 Å². The van der Waals surface area contributed by atoms with Gasteiger partial charge in [0.05, 0.1) is 26.7 Å². The third-order valence-electron chi connectivity index (χ3n) is 7.31. The zero-order valence-corrected chi connectivity index (χ0v) is 24.6. The maximum atomic E-state index is 13.5. The fourth-order valence-electron chi connectivity index (χ4n) is 5.17. The van der Waals surface area contributed by atoms with Crippen LogP contribution in [0.1, 0.15) is 93.9 Å². The maximum Gasteiger partial charge on any atom is 0.342 e. The van der Waals surface area contributed by atoms with Crippen molar-refractivity contribution in [2.75, 3.05) is 20.3 Å². The number of hydrogen-bond donors (Lipinski definition) is 1. The number of amides is 1. The van der Waals surface area contributed by atoms with Crippen molar-refractivity contribution in [2.45, 2.75) is 106 Å². The van der Waals surface area contributed by atoms with E-state index in [1.807, 2.05) is 20.8 Å². The van der Waals surface area contributed by atoms with Crippen molar-refractivity contribution in [3.63, 3.8) is 0 Å². The molecule has 0 radical (unpaired) electrons. The minimum atomic E-state index is -1.90. The first-order chi connectivity index (χ1) is 17.5. The van der Waals surface area contributed by atoms with E-state index >= 15 is 0 Å². The second kappa shape index (κ2) is 12.2. The molecule has 216 valence electrons. The van der Waals surface area contributed by atoms with Crippen molar-refractivity contribution in [3.05, 3.63) is 11.3 Å². The van der Waals surface area contributed by atoms with Gasteiger partial charge in [0.25, 0.3) is 5.91 Å². The molecule has 1 N–H and O–H groups in total. The highest BCUT2D eigenvalue weighted by Crippen LogP contribution is 2.47. The van der Waals surface area contributed by atoms with Crippen molar-refractivity contribution in [1.82, 2.24) is 4.90 Å². The summed E-state index contributed by atoms with van der Waals surface area (Å²) in [5, 5.41) is 11.1. The van der Waals surface area contributed by atoms with Crippen molar-refractivity contribution < 1.29 is 38.5 Å². The SMILES string of the molecule is COC(=O)[C@]12CO[C@H](C(C)(C)C)N1C(=O)C(C(=O)CC(C)(C)CC(=O)OCCC(C)CCCC(C)C)=C2O. The Morgan fingerprint density at radius 1 is 1.08 bits per heavy atom. The van der Waals surface area contributed by atoms with Gasteiger partial charge in [-0.1, -0.05) is 74.7 Å². The second-order valence-corrected chi connectivity index (χ2v) is 13.2. The molecule has 2 heterocycles. The van der Waals surface area contributed by atoms with E-state index in [4.69, 9.17) is 14.2 Å². The lowest BCUT2D eigenvalue weighted by atomic mass is 9.82. The molecular formula is C29H47NO8. The minimum absolute atomic E-state index is 0.0255. The first-order valence-corrected chi connectivity index (χ1v) is 13.6. The molecule has 0 saturated carbocycles. The highest BCUT2D eigenvalue weighted by Gasteiger charge is 2.67. The Labute approximate surface area is 227 Å². The van der Waals surface area contributed by atoms with Gasteiger partial charge in [0.1, 0.15) is 17.6 Å². The third-order valence-corrected chi connectivity index (χ3v) is 7.31. The number of methoxy groups -OCH3 is 1. The van der Waals surface area contributed by atoms with Crippen LogP contribution >= 0.6 is 0 Å². The van der Waals surface area contributed by atoms with Gasteiger partial charge in [0, 0.05) is 11.8 Å². The number of Topliss-reactive ketones (excluding diaryl/α,β-unsaturated/α-hetero) is 1. The molecule has 1 unspecified atom stereocenters. The summed E-state index contributed by atoms with van der Waals surface area (Å²) in [6.45, 7) is 15.5. The topological polar surface area (TPSA) is 119 Å². The van der Waals surface area contributed by atoms with Crippen LogP contribution in [0.3, 0.4) is 0 Å². The van der Waals surface area contributed by atoms with Gasteiger partial charge >= 0.3 is 11.9 Å². The monoisotopic (exact) mass is 537 g/mol. The van der Waals surface area contributed by atoms with E-state index in [9.17, 15) is 24.3 Å². The smallest absolute Gasteiger partial charge is 0.342 e. The Bertz CT molecular complexity index is 945. The number of carbonyl (C=O) groups excluding carboxylic acids is 4. The van der Waals surface area contributed by atoms with E-state index in [0.29, 0.717) is 18.4 Å². The van der Waals surface area contributed by atoms with Crippen LogP contribution in [-0.4, -0.2) is 65.7 Å². The molecule has 0 aromatic heterocycles. The maximum absolute atomic E-state index is 13.5. The van der Waals surface area contributed by atoms with Gasteiger partial charge in [-0.15, -0.1) is 0 Å². The van der Waals surface area contributed by atoms with Crippen molar-refractivity contribution in [2.24, 2.45) is 22.7 Å². The molecular weight excluding hydrogens is 490 g/mol. The highest BCUT2D eigenvalue weighted by atomic mass is 16.6. The molecule has 38 heavy (non-hydrogen) atoms. The number of ether oxygens (including phenoxy) is 3. The summed E-state index contributed by atoms with van der Waals surface area (Å²) in [4.78, 5) is 53.3. The van der Waals surface area contributed by atoms with Crippen LogP contribution in [0, 0.1) is 22.7 Å². The Hall–Kier alpha value is -2.42. The summed E-state index contributed by atoms with van der Waals surface area (Å²) in [6.07, 6.45) is 3.14. The molecule has 2 aliphatic heterocycles. The molecule has 0 bridgehead atoms.